The van der Waals surface area contributed by atoms with Gasteiger partial charge in [-0.25, -0.2) is 0 Å². The third-order valence-electron chi connectivity index (χ3n) is 4.09. The largest absolute Gasteiger partial charge is 0.492 e. The van der Waals surface area contributed by atoms with Crippen molar-refractivity contribution in [1.29, 1.82) is 0 Å². The first-order chi connectivity index (χ1) is 10.1. The number of likely N-dealkylation sites (N-methyl/N-ethyl adjacent to an activating group) is 1. The van der Waals surface area contributed by atoms with Gasteiger partial charge in [0.1, 0.15) is 17.3 Å². The van der Waals surface area contributed by atoms with Gasteiger partial charge in [-0.3, -0.25) is 4.90 Å². The highest BCUT2D eigenvalue weighted by atomic mass is 32.1. The first-order valence-electron chi connectivity index (χ1n) is 7.49. The van der Waals surface area contributed by atoms with E-state index in [1.165, 1.54) is 6.42 Å². The molecule has 2 unspecified atom stereocenters. The van der Waals surface area contributed by atoms with Crippen LogP contribution in [0.25, 0.3) is 0 Å². The minimum atomic E-state index is -0.207. The van der Waals surface area contributed by atoms with Gasteiger partial charge in [-0.15, -0.1) is 0 Å². The van der Waals surface area contributed by atoms with Crippen LogP contribution in [-0.4, -0.2) is 47.3 Å². The summed E-state index contributed by atoms with van der Waals surface area (Å²) in [4.78, 5) is 2.57. The summed E-state index contributed by atoms with van der Waals surface area (Å²) in [6.45, 7) is 1.37. The quantitative estimate of drug-likeness (QED) is 0.787. The number of aliphatic hydroxyl groups excluding tert-OH is 1. The Hall–Kier alpha value is -1.17. The van der Waals surface area contributed by atoms with Gasteiger partial charge in [0.15, 0.2) is 0 Å². The minimum absolute atomic E-state index is 0.207. The second kappa shape index (κ2) is 7.73. The highest BCUT2D eigenvalue weighted by Gasteiger charge is 2.26. The van der Waals surface area contributed by atoms with Crippen molar-refractivity contribution in [3.05, 3.63) is 29.8 Å². The summed E-state index contributed by atoms with van der Waals surface area (Å²) in [6, 6.07) is 7.78. The lowest BCUT2D eigenvalue weighted by Crippen LogP contribution is -2.44. The lowest BCUT2D eigenvalue weighted by Gasteiger charge is -2.35. The van der Waals surface area contributed by atoms with E-state index in [0.717, 1.165) is 37.1 Å². The zero-order valence-electron chi connectivity index (χ0n) is 12.5. The molecule has 1 saturated carbocycles. The van der Waals surface area contributed by atoms with Crippen LogP contribution in [0.4, 0.5) is 0 Å². The van der Waals surface area contributed by atoms with Gasteiger partial charge in [0.05, 0.1) is 6.10 Å². The number of ether oxygens (including phenoxy) is 1. The van der Waals surface area contributed by atoms with Crippen LogP contribution in [0.5, 0.6) is 5.75 Å². The third kappa shape index (κ3) is 4.66. The van der Waals surface area contributed by atoms with Gasteiger partial charge < -0.3 is 15.6 Å². The fraction of sp³-hybridized carbons (Fsp3) is 0.562. The summed E-state index contributed by atoms with van der Waals surface area (Å²) in [5.41, 5.74) is 6.43. The summed E-state index contributed by atoms with van der Waals surface area (Å²) in [6.07, 6.45) is 4.10. The van der Waals surface area contributed by atoms with Gasteiger partial charge in [0, 0.05) is 18.2 Å². The Morgan fingerprint density at radius 2 is 2.19 bits per heavy atom. The molecule has 0 spiro atoms. The van der Waals surface area contributed by atoms with Crippen LogP contribution in [0.3, 0.4) is 0 Å². The Balaban J connectivity index is 1.80. The molecule has 0 radical (unpaired) electrons. The summed E-state index contributed by atoms with van der Waals surface area (Å²) in [5, 5.41) is 10.0. The van der Waals surface area contributed by atoms with E-state index in [1.54, 1.807) is 0 Å². The lowest BCUT2D eigenvalue weighted by atomic mass is 9.92. The average Bonchev–Trinajstić information content (AvgIpc) is 2.48. The van der Waals surface area contributed by atoms with Crippen molar-refractivity contribution in [3.8, 4) is 5.75 Å². The van der Waals surface area contributed by atoms with Crippen LogP contribution in [0.1, 0.15) is 31.2 Å². The van der Waals surface area contributed by atoms with E-state index in [-0.39, 0.29) is 12.1 Å². The molecule has 0 saturated heterocycles. The zero-order valence-corrected chi connectivity index (χ0v) is 13.3. The highest BCUT2D eigenvalue weighted by molar-refractivity contribution is 7.80. The van der Waals surface area contributed by atoms with Crippen LogP contribution < -0.4 is 10.5 Å². The monoisotopic (exact) mass is 308 g/mol. The number of aliphatic hydroxyl groups is 1. The molecule has 0 bridgehead atoms. The van der Waals surface area contributed by atoms with Crippen LogP contribution in [0, 0.1) is 0 Å². The molecule has 4 nitrogen and oxygen atoms in total. The number of benzene rings is 1. The maximum absolute atomic E-state index is 10.0. The van der Waals surface area contributed by atoms with E-state index in [2.05, 4.69) is 4.90 Å². The molecule has 0 amide bonds. The SMILES string of the molecule is CN(CCOc1cccc(C(N)=S)c1)C1CCCCC1O. The smallest absolute Gasteiger partial charge is 0.120 e. The molecule has 0 aliphatic heterocycles. The minimum Gasteiger partial charge on any atom is -0.492 e. The molecule has 2 atom stereocenters. The Kier molecular flexibility index (Phi) is 5.96. The first kappa shape index (κ1) is 16.2. The Morgan fingerprint density at radius 1 is 1.43 bits per heavy atom. The van der Waals surface area contributed by atoms with Crippen LogP contribution >= 0.6 is 12.2 Å². The van der Waals surface area contributed by atoms with E-state index in [1.807, 2.05) is 31.3 Å². The number of thiocarbonyl (C=S) groups is 1. The molecule has 0 aromatic heterocycles. The average molecular weight is 308 g/mol. The standard InChI is InChI=1S/C16H24N2O2S/c1-18(14-7-2-3-8-15(14)19)9-10-20-13-6-4-5-12(11-13)16(17)21/h4-6,11,14-15,19H,2-3,7-10H2,1H3,(H2,17,21). The van der Waals surface area contributed by atoms with Crippen molar-refractivity contribution in [1.82, 2.24) is 4.90 Å². The van der Waals surface area contributed by atoms with Crippen molar-refractivity contribution in [2.75, 3.05) is 20.2 Å². The van der Waals surface area contributed by atoms with Gasteiger partial charge in [0.25, 0.3) is 0 Å². The summed E-state index contributed by atoms with van der Waals surface area (Å²) in [5.74, 6) is 0.776. The molecule has 5 heteroatoms. The molecular formula is C16H24N2O2S. The second-order valence-electron chi connectivity index (χ2n) is 5.64. The molecule has 21 heavy (non-hydrogen) atoms. The molecule has 0 heterocycles. The third-order valence-corrected chi connectivity index (χ3v) is 4.33. The molecule has 2 rings (SSSR count). The predicted molar refractivity (Wildman–Crippen MR) is 88.7 cm³/mol. The molecule has 1 aliphatic carbocycles. The van der Waals surface area contributed by atoms with E-state index in [0.29, 0.717) is 11.6 Å². The van der Waals surface area contributed by atoms with Crippen molar-refractivity contribution in [2.45, 2.75) is 37.8 Å². The molecule has 1 aromatic carbocycles. The van der Waals surface area contributed by atoms with Crippen LogP contribution in [0.15, 0.2) is 24.3 Å². The van der Waals surface area contributed by atoms with Crippen LogP contribution in [0.2, 0.25) is 0 Å². The number of hydrogen-bond donors (Lipinski definition) is 2. The fourth-order valence-electron chi connectivity index (χ4n) is 2.82. The van der Waals surface area contributed by atoms with Gasteiger partial charge in [-0.1, -0.05) is 37.2 Å². The van der Waals surface area contributed by atoms with Crippen molar-refractivity contribution in [3.63, 3.8) is 0 Å². The maximum atomic E-state index is 10.0. The van der Waals surface area contributed by atoms with E-state index in [9.17, 15) is 5.11 Å². The number of hydrogen-bond acceptors (Lipinski definition) is 4. The number of nitrogens with zero attached hydrogens (tertiary/aromatic N) is 1. The van der Waals surface area contributed by atoms with E-state index >= 15 is 0 Å². The van der Waals surface area contributed by atoms with Gasteiger partial charge >= 0.3 is 0 Å². The predicted octanol–water partition coefficient (Wildman–Crippen LogP) is 1.93. The zero-order chi connectivity index (χ0) is 15.2. The summed E-state index contributed by atoms with van der Waals surface area (Å²) in [7, 11) is 2.05. The first-order valence-corrected chi connectivity index (χ1v) is 7.89. The van der Waals surface area contributed by atoms with Gasteiger partial charge in [0.2, 0.25) is 0 Å². The number of nitrogens with two attached hydrogens (primary N) is 1. The molecular weight excluding hydrogens is 284 g/mol. The molecule has 116 valence electrons. The van der Waals surface area contributed by atoms with Crippen molar-refractivity contribution < 1.29 is 9.84 Å². The van der Waals surface area contributed by atoms with Gasteiger partial charge in [-0.2, -0.15) is 0 Å². The van der Waals surface area contributed by atoms with Crippen molar-refractivity contribution in [2.24, 2.45) is 5.73 Å². The van der Waals surface area contributed by atoms with E-state index < -0.39 is 0 Å². The Labute approximate surface area is 131 Å². The highest BCUT2D eigenvalue weighted by Crippen LogP contribution is 2.22. The molecule has 1 aliphatic rings. The fourth-order valence-corrected chi connectivity index (χ4v) is 2.95. The summed E-state index contributed by atoms with van der Waals surface area (Å²) < 4.78 is 5.76. The lowest BCUT2D eigenvalue weighted by molar-refractivity contribution is 0.0272. The second-order valence-corrected chi connectivity index (χ2v) is 6.08. The molecule has 3 N–H and O–H groups in total. The molecule has 1 fully saturated rings. The maximum Gasteiger partial charge on any atom is 0.120 e. The van der Waals surface area contributed by atoms with Crippen LogP contribution in [-0.2, 0) is 0 Å². The van der Waals surface area contributed by atoms with Gasteiger partial charge in [-0.05, 0) is 32.0 Å². The topological polar surface area (TPSA) is 58.7 Å². The number of rotatable bonds is 6. The van der Waals surface area contributed by atoms with E-state index in [4.69, 9.17) is 22.7 Å². The summed E-state index contributed by atoms with van der Waals surface area (Å²) >= 11 is 4.96. The van der Waals surface area contributed by atoms with Crippen molar-refractivity contribution >= 4 is 17.2 Å². The Morgan fingerprint density at radius 3 is 2.90 bits per heavy atom. The Bertz CT molecular complexity index is 481. The molecule has 1 aromatic rings. The normalized spacial score (nSPS) is 22.2.